The Bertz CT molecular complexity index is 880. The number of carbonyl (C=O) groups is 2. The lowest BCUT2D eigenvalue weighted by molar-refractivity contribution is -0.162. The Morgan fingerprint density at radius 2 is 1.77 bits per heavy atom. The number of benzene rings is 2. The number of alkyl halides is 3. The number of hydrogen-bond acceptors (Lipinski definition) is 4. The van der Waals surface area contributed by atoms with Crippen molar-refractivity contribution in [2.45, 2.75) is 19.0 Å². The number of nitrogens with zero attached hydrogens (tertiary/aromatic N) is 1. The summed E-state index contributed by atoms with van der Waals surface area (Å²) < 4.78 is 46.3. The van der Waals surface area contributed by atoms with E-state index in [4.69, 9.17) is 4.74 Å². The molecule has 1 saturated heterocycles. The van der Waals surface area contributed by atoms with Crippen LogP contribution < -0.4 is 10.1 Å². The van der Waals surface area contributed by atoms with Crippen LogP contribution in [-0.4, -0.2) is 55.9 Å². The zero-order valence-corrected chi connectivity index (χ0v) is 16.3. The van der Waals surface area contributed by atoms with Crippen molar-refractivity contribution in [1.82, 2.24) is 10.2 Å². The number of ether oxygens (including phenoxy) is 2. The fourth-order valence-electron chi connectivity index (χ4n) is 3.30. The first-order valence-electron chi connectivity index (χ1n) is 9.69. The molecule has 2 aromatic carbocycles. The molecule has 6 nitrogen and oxygen atoms in total. The molecule has 3 rings (SSSR count). The topological polar surface area (TPSA) is 67.9 Å². The predicted molar refractivity (Wildman–Crippen MR) is 104 cm³/mol. The van der Waals surface area contributed by atoms with Crippen molar-refractivity contribution in [2.75, 3.05) is 32.8 Å². The van der Waals surface area contributed by atoms with Crippen molar-refractivity contribution in [3.8, 4) is 5.75 Å². The molecule has 0 saturated carbocycles. The van der Waals surface area contributed by atoms with Crippen LogP contribution in [0.2, 0.25) is 0 Å². The first-order chi connectivity index (χ1) is 14.3. The van der Waals surface area contributed by atoms with Gasteiger partial charge in [-0.15, -0.1) is 0 Å². The van der Waals surface area contributed by atoms with Crippen LogP contribution >= 0.6 is 0 Å². The third-order valence-electron chi connectivity index (χ3n) is 4.87. The number of piperidine rings is 1. The SMILES string of the molecule is O=C(NCCOc1ccc2ccccc2c1)C1CCN(C(=O)OCC(F)(F)F)CC1. The van der Waals surface area contributed by atoms with Crippen LogP contribution in [0.4, 0.5) is 18.0 Å². The molecule has 0 aromatic heterocycles. The van der Waals surface area contributed by atoms with E-state index in [0.29, 0.717) is 31.7 Å². The van der Waals surface area contributed by atoms with E-state index in [1.807, 2.05) is 42.5 Å². The zero-order valence-electron chi connectivity index (χ0n) is 16.3. The van der Waals surface area contributed by atoms with Gasteiger partial charge in [0, 0.05) is 19.0 Å². The number of amides is 2. The standard InChI is InChI=1S/C21H23F3N2O4/c22-21(23,24)14-30-20(28)26-10-7-16(8-11-26)19(27)25-9-12-29-18-6-5-15-3-1-2-4-17(15)13-18/h1-6,13,16H,7-12,14H2,(H,25,27). The molecule has 162 valence electrons. The van der Waals surface area contributed by atoms with E-state index in [2.05, 4.69) is 10.1 Å². The van der Waals surface area contributed by atoms with Gasteiger partial charge in [-0.05, 0) is 35.7 Å². The number of nitrogens with one attached hydrogen (secondary N) is 1. The summed E-state index contributed by atoms with van der Waals surface area (Å²) in [4.78, 5) is 25.1. The molecule has 2 aromatic rings. The van der Waals surface area contributed by atoms with E-state index in [1.165, 1.54) is 4.90 Å². The second-order valence-electron chi connectivity index (χ2n) is 7.08. The molecular weight excluding hydrogens is 401 g/mol. The molecule has 1 N–H and O–H groups in total. The number of carbonyl (C=O) groups excluding carboxylic acids is 2. The monoisotopic (exact) mass is 424 g/mol. The molecule has 1 aliphatic heterocycles. The second kappa shape index (κ2) is 9.69. The highest BCUT2D eigenvalue weighted by Crippen LogP contribution is 2.21. The van der Waals surface area contributed by atoms with Crippen LogP contribution in [0, 0.1) is 5.92 Å². The van der Waals surface area contributed by atoms with Crippen molar-refractivity contribution in [3.63, 3.8) is 0 Å². The molecular formula is C21H23F3N2O4. The lowest BCUT2D eigenvalue weighted by Gasteiger charge is -2.30. The highest BCUT2D eigenvalue weighted by Gasteiger charge is 2.32. The lowest BCUT2D eigenvalue weighted by Crippen LogP contribution is -2.44. The number of halogens is 3. The maximum absolute atomic E-state index is 12.3. The van der Waals surface area contributed by atoms with Crippen molar-refractivity contribution in [2.24, 2.45) is 5.92 Å². The van der Waals surface area contributed by atoms with Gasteiger partial charge in [0.15, 0.2) is 6.61 Å². The molecule has 1 fully saturated rings. The fraction of sp³-hybridized carbons (Fsp3) is 0.429. The number of hydrogen-bond donors (Lipinski definition) is 1. The average molecular weight is 424 g/mol. The molecule has 1 aliphatic rings. The van der Waals surface area contributed by atoms with Crippen molar-refractivity contribution >= 4 is 22.8 Å². The Kier molecular flexibility index (Phi) is 7.02. The minimum atomic E-state index is -4.55. The lowest BCUT2D eigenvalue weighted by atomic mass is 9.96. The van der Waals surface area contributed by atoms with Gasteiger partial charge in [0.1, 0.15) is 12.4 Å². The molecule has 30 heavy (non-hydrogen) atoms. The third-order valence-corrected chi connectivity index (χ3v) is 4.87. The summed E-state index contributed by atoms with van der Waals surface area (Å²) in [6, 6.07) is 13.7. The predicted octanol–water partition coefficient (Wildman–Crippen LogP) is 3.75. The van der Waals surface area contributed by atoms with Crippen LogP contribution in [0.15, 0.2) is 42.5 Å². The number of rotatable bonds is 6. The Morgan fingerprint density at radius 3 is 2.47 bits per heavy atom. The van der Waals surface area contributed by atoms with Gasteiger partial charge in [0.2, 0.25) is 5.91 Å². The van der Waals surface area contributed by atoms with Crippen LogP contribution in [0.25, 0.3) is 10.8 Å². The highest BCUT2D eigenvalue weighted by molar-refractivity contribution is 5.83. The van der Waals surface area contributed by atoms with Gasteiger partial charge in [0.25, 0.3) is 0 Å². The van der Waals surface area contributed by atoms with Gasteiger partial charge in [-0.1, -0.05) is 30.3 Å². The first kappa shape index (κ1) is 21.7. The van der Waals surface area contributed by atoms with E-state index < -0.39 is 18.9 Å². The van der Waals surface area contributed by atoms with Crippen molar-refractivity contribution < 1.29 is 32.2 Å². The van der Waals surface area contributed by atoms with Gasteiger partial charge in [-0.2, -0.15) is 13.2 Å². The summed E-state index contributed by atoms with van der Waals surface area (Å²) in [6.45, 7) is -0.597. The average Bonchev–Trinajstić information content (AvgIpc) is 2.74. The Hall–Kier alpha value is -2.97. The van der Waals surface area contributed by atoms with Crippen LogP contribution in [0.5, 0.6) is 5.75 Å². The van der Waals surface area contributed by atoms with Gasteiger partial charge in [0.05, 0.1) is 6.54 Å². The maximum atomic E-state index is 12.3. The Labute approximate surface area is 171 Å². The molecule has 0 radical (unpaired) electrons. The number of likely N-dealkylation sites (tertiary alicyclic amines) is 1. The van der Waals surface area contributed by atoms with Crippen LogP contribution in [0.3, 0.4) is 0 Å². The minimum absolute atomic E-state index is 0.152. The normalized spacial score (nSPS) is 15.1. The summed E-state index contributed by atoms with van der Waals surface area (Å²) in [6.07, 6.45) is -4.81. The fourth-order valence-corrected chi connectivity index (χ4v) is 3.30. The van der Waals surface area contributed by atoms with E-state index in [-0.39, 0.29) is 24.9 Å². The van der Waals surface area contributed by atoms with Gasteiger partial charge >= 0.3 is 12.3 Å². The largest absolute Gasteiger partial charge is 0.492 e. The first-order valence-corrected chi connectivity index (χ1v) is 9.69. The molecule has 0 aliphatic carbocycles. The molecule has 0 bridgehead atoms. The summed E-state index contributed by atoms with van der Waals surface area (Å²) in [5.41, 5.74) is 0. The van der Waals surface area contributed by atoms with Crippen molar-refractivity contribution in [3.05, 3.63) is 42.5 Å². The third kappa shape index (κ3) is 6.27. The molecule has 9 heteroatoms. The van der Waals surface area contributed by atoms with E-state index in [1.54, 1.807) is 0 Å². The summed E-state index contributed by atoms with van der Waals surface area (Å²) in [5, 5.41) is 4.99. The highest BCUT2D eigenvalue weighted by atomic mass is 19.4. The van der Waals surface area contributed by atoms with E-state index in [0.717, 1.165) is 10.8 Å². The minimum Gasteiger partial charge on any atom is -0.492 e. The van der Waals surface area contributed by atoms with Gasteiger partial charge in [-0.25, -0.2) is 4.79 Å². The second-order valence-corrected chi connectivity index (χ2v) is 7.08. The van der Waals surface area contributed by atoms with E-state index >= 15 is 0 Å². The molecule has 0 spiro atoms. The van der Waals surface area contributed by atoms with Gasteiger partial charge < -0.3 is 19.7 Å². The molecule has 2 amide bonds. The molecule has 0 unspecified atom stereocenters. The number of fused-ring (bicyclic) bond motifs is 1. The Morgan fingerprint density at radius 1 is 1.07 bits per heavy atom. The zero-order chi connectivity index (χ0) is 21.6. The summed E-state index contributed by atoms with van der Waals surface area (Å²) >= 11 is 0. The summed E-state index contributed by atoms with van der Waals surface area (Å²) in [7, 11) is 0. The Balaban J connectivity index is 1.35. The smallest absolute Gasteiger partial charge is 0.422 e. The van der Waals surface area contributed by atoms with Crippen molar-refractivity contribution in [1.29, 1.82) is 0 Å². The quantitative estimate of drug-likeness (QED) is 0.718. The molecule has 1 heterocycles. The van der Waals surface area contributed by atoms with E-state index in [9.17, 15) is 22.8 Å². The van der Waals surface area contributed by atoms with Crippen LogP contribution in [-0.2, 0) is 9.53 Å². The van der Waals surface area contributed by atoms with Crippen LogP contribution in [0.1, 0.15) is 12.8 Å². The van der Waals surface area contributed by atoms with Gasteiger partial charge in [-0.3, -0.25) is 4.79 Å². The molecule has 0 atom stereocenters. The maximum Gasteiger partial charge on any atom is 0.422 e. The summed E-state index contributed by atoms with van der Waals surface area (Å²) in [5.74, 6) is 0.270.